The second-order valence-corrected chi connectivity index (χ2v) is 0.610. The predicted molar refractivity (Wildman–Crippen MR) is 24.9 cm³/mol. The zero-order chi connectivity index (χ0) is 5.15. The van der Waals surface area contributed by atoms with Gasteiger partial charge in [0.1, 0.15) is 0 Å². The molecule has 0 aromatic rings. The molecule has 0 radical (unpaired) electrons. The van der Waals surface area contributed by atoms with E-state index in [9.17, 15) is 0 Å². The second kappa shape index (κ2) is 4.36. The molecule has 0 unspecified atom stereocenters. The molecule has 38 valence electrons. The molecule has 0 saturated heterocycles. The van der Waals surface area contributed by atoms with Crippen molar-refractivity contribution in [3.63, 3.8) is 0 Å². The molecular formula is C2H5CaO4+. The molecular weight excluding hydrogens is 128 g/mol. The van der Waals surface area contributed by atoms with E-state index in [1.165, 1.54) is 0 Å². The molecule has 4 nitrogen and oxygen atoms in total. The van der Waals surface area contributed by atoms with Crippen molar-refractivity contribution in [2.24, 2.45) is 0 Å². The molecule has 0 rings (SSSR count). The fourth-order valence-corrected chi connectivity index (χ4v) is 0. The largest absolute Gasteiger partial charge is 1.00 e. The van der Waals surface area contributed by atoms with Gasteiger partial charge in [0, 0.05) is 0 Å². The smallest absolute Gasteiger partial charge is 1.00 e. The molecule has 0 aliphatic heterocycles. The van der Waals surface area contributed by atoms with E-state index in [0.29, 0.717) is 0 Å². The molecule has 0 aromatic heterocycles. The first kappa shape index (κ1) is 10.2. The molecule has 7 heavy (non-hydrogen) atoms. The summed E-state index contributed by atoms with van der Waals surface area (Å²) in [4.78, 5) is 18.2. The van der Waals surface area contributed by atoms with Crippen molar-refractivity contribution >= 4 is 49.7 Å². The van der Waals surface area contributed by atoms with Crippen molar-refractivity contribution in [2.45, 2.75) is 0 Å². The molecule has 0 heterocycles. The molecule has 0 aliphatic rings. The maximum atomic E-state index is 9.10. The number of carboxylic acid groups (broad SMARTS) is 2. The van der Waals surface area contributed by atoms with Crippen LogP contribution in [-0.2, 0) is 9.59 Å². The Labute approximate surface area is 70.6 Å². The summed E-state index contributed by atoms with van der Waals surface area (Å²) in [6.45, 7) is 0. The Hall–Kier alpha value is 0.200. The van der Waals surface area contributed by atoms with Crippen LogP contribution in [0.1, 0.15) is 1.43 Å². The van der Waals surface area contributed by atoms with Crippen LogP contribution in [0.2, 0.25) is 0 Å². The van der Waals surface area contributed by atoms with Crippen LogP contribution in [-0.4, -0.2) is 59.9 Å². The van der Waals surface area contributed by atoms with Crippen LogP contribution in [0.5, 0.6) is 0 Å². The molecule has 0 bridgehead atoms. The van der Waals surface area contributed by atoms with E-state index < -0.39 is 11.9 Å². The molecule has 5 heteroatoms. The second-order valence-electron chi connectivity index (χ2n) is 0.610. The molecule has 2 N–H and O–H groups in total. The van der Waals surface area contributed by atoms with Crippen molar-refractivity contribution < 1.29 is 21.2 Å². The van der Waals surface area contributed by atoms with Gasteiger partial charge in [-0.1, -0.05) is 0 Å². The van der Waals surface area contributed by atoms with Crippen LogP contribution < -0.4 is 0 Å². The third kappa shape index (κ3) is 6.20. The first-order valence-corrected chi connectivity index (χ1v) is 1.11. The number of hydrogen-bond acceptors (Lipinski definition) is 2. The van der Waals surface area contributed by atoms with Crippen molar-refractivity contribution in [1.29, 1.82) is 0 Å². The van der Waals surface area contributed by atoms with E-state index in [1.807, 2.05) is 0 Å². The van der Waals surface area contributed by atoms with Crippen LogP contribution in [0, 0.1) is 0 Å². The van der Waals surface area contributed by atoms with E-state index in [1.54, 1.807) is 0 Å². The Morgan fingerprint density at radius 2 is 1.29 bits per heavy atom. The van der Waals surface area contributed by atoms with Crippen molar-refractivity contribution in [3.8, 4) is 0 Å². The monoisotopic (exact) mass is 133 g/mol. The average molecular weight is 133 g/mol. The fourth-order valence-electron chi connectivity index (χ4n) is 0. The van der Waals surface area contributed by atoms with Gasteiger partial charge in [0.2, 0.25) is 0 Å². The third-order valence-electron chi connectivity index (χ3n) is 0.183. The van der Waals surface area contributed by atoms with Gasteiger partial charge in [0.25, 0.3) is 0 Å². The minimum absolute atomic E-state index is 0. The summed E-state index contributed by atoms with van der Waals surface area (Å²) in [6.07, 6.45) is 0. The summed E-state index contributed by atoms with van der Waals surface area (Å²) in [7, 11) is 0. The van der Waals surface area contributed by atoms with E-state index in [-0.39, 0.29) is 39.2 Å². The molecule has 0 aliphatic carbocycles. The summed E-state index contributed by atoms with van der Waals surface area (Å²) in [5.41, 5.74) is 0. The molecule has 0 spiro atoms. The van der Waals surface area contributed by atoms with Crippen LogP contribution in [0.4, 0.5) is 0 Å². The summed E-state index contributed by atoms with van der Waals surface area (Å²) >= 11 is 0. The quantitative estimate of drug-likeness (QED) is 0.307. The van der Waals surface area contributed by atoms with Crippen LogP contribution in [0.3, 0.4) is 0 Å². The SMILES string of the molecule is O=C(O)C(=O)O.[CaH2].[H+]. The minimum Gasteiger partial charge on any atom is 1.00 e. The van der Waals surface area contributed by atoms with Gasteiger partial charge >= 0.3 is 51.1 Å². The normalized spacial score (nSPS) is 6.29. The van der Waals surface area contributed by atoms with Gasteiger partial charge in [0.05, 0.1) is 0 Å². The average Bonchev–Trinajstić information content (AvgIpc) is 1.36. The molecule has 0 fully saturated rings. The zero-order valence-corrected chi connectivity index (χ0v) is 2.71. The molecule has 0 aromatic carbocycles. The molecule has 0 amide bonds. The number of aliphatic carboxylic acids is 2. The topological polar surface area (TPSA) is 74.6 Å². The Kier molecular flexibility index (Phi) is 6.38. The van der Waals surface area contributed by atoms with Crippen LogP contribution >= 0.6 is 0 Å². The minimum atomic E-state index is -1.82. The van der Waals surface area contributed by atoms with Gasteiger partial charge in [-0.15, -0.1) is 0 Å². The first-order chi connectivity index (χ1) is 2.64. The summed E-state index contributed by atoms with van der Waals surface area (Å²) in [5, 5.41) is 14.8. The van der Waals surface area contributed by atoms with Gasteiger partial charge in [-0.05, 0) is 0 Å². The molecule has 0 saturated carbocycles. The van der Waals surface area contributed by atoms with Gasteiger partial charge < -0.3 is 10.2 Å². The zero-order valence-electron chi connectivity index (χ0n) is 3.71. The Balaban J connectivity index is -0.000000125. The fraction of sp³-hybridized carbons (Fsp3) is 0. The van der Waals surface area contributed by atoms with Gasteiger partial charge in [-0.3, -0.25) is 0 Å². The standard InChI is InChI=1S/C2H2O4.Ca.2H/c3-1(4)2(5)6;;;/h(H,3,4)(H,5,6);;;/p+1. The summed E-state index contributed by atoms with van der Waals surface area (Å²) < 4.78 is 0. The number of rotatable bonds is 0. The summed E-state index contributed by atoms with van der Waals surface area (Å²) in [5.74, 6) is -3.65. The van der Waals surface area contributed by atoms with Crippen LogP contribution in [0.25, 0.3) is 0 Å². The predicted octanol–water partition coefficient (Wildman–Crippen LogP) is -1.65. The van der Waals surface area contributed by atoms with Crippen molar-refractivity contribution in [2.75, 3.05) is 0 Å². The van der Waals surface area contributed by atoms with Gasteiger partial charge in [-0.2, -0.15) is 0 Å². The Morgan fingerprint density at radius 1 is 1.14 bits per heavy atom. The van der Waals surface area contributed by atoms with Gasteiger partial charge in [0.15, 0.2) is 0 Å². The molecule has 0 atom stereocenters. The first-order valence-electron chi connectivity index (χ1n) is 1.11. The Bertz CT molecular complexity index is 80.0. The number of carbonyl (C=O) groups is 2. The van der Waals surface area contributed by atoms with Gasteiger partial charge in [-0.25, -0.2) is 9.59 Å². The number of hydrogen-bond donors (Lipinski definition) is 2. The van der Waals surface area contributed by atoms with Crippen LogP contribution in [0.15, 0.2) is 0 Å². The third-order valence-corrected chi connectivity index (χ3v) is 0.183. The van der Waals surface area contributed by atoms with E-state index >= 15 is 0 Å². The van der Waals surface area contributed by atoms with Crippen molar-refractivity contribution in [3.05, 3.63) is 0 Å². The summed E-state index contributed by atoms with van der Waals surface area (Å²) in [6, 6.07) is 0. The Morgan fingerprint density at radius 3 is 1.29 bits per heavy atom. The van der Waals surface area contributed by atoms with Crippen molar-refractivity contribution in [1.82, 2.24) is 0 Å². The maximum Gasteiger partial charge on any atom is 1.00 e. The van der Waals surface area contributed by atoms with E-state index in [0.717, 1.165) is 0 Å². The van der Waals surface area contributed by atoms with E-state index in [4.69, 9.17) is 19.8 Å². The number of carboxylic acids is 2. The van der Waals surface area contributed by atoms with E-state index in [2.05, 4.69) is 0 Å². The maximum absolute atomic E-state index is 9.10.